The number of unbranched alkanes of at least 4 members (excludes halogenated alkanes) is 9. The summed E-state index contributed by atoms with van der Waals surface area (Å²) in [5.74, 6) is -0.175. The van der Waals surface area contributed by atoms with Gasteiger partial charge in [0.15, 0.2) is 11.9 Å². The van der Waals surface area contributed by atoms with Crippen molar-refractivity contribution in [2.75, 3.05) is 10.3 Å². The molecule has 0 aromatic heterocycles. The Hall–Kier alpha value is -4.87. The van der Waals surface area contributed by atoms with Crippen LogP contribution in [0.1, 0.15) is 104 Å². The highest BCUT2D eigenvalue weighted by atomic mass is 35.5. The van der Waals surface area contributed by atoms with Crippen LogP contribution in [0.15, 0.2) is 106 Å². The van der Waals surface area contributed by atoms with Crippen molar-refractivity contribution in [2.24, 2.45) is 15.2 Å². The number of rotatable bonds is 19. The summed E-state index contributed by atoms with van der Waals surface area (Å²) in [6.45, 7) is 8.25. The number of carbonyl (C=O) groups excluding carboxylic acids is 2. The van der Waals surface area contributed by atoms with Crippen LogP contribution in [0.5, 0.6) is 11.5 Å². The lowest BCUT2D eigenvalue weighted by molar-refractivity contribution is -0.123. The van der Waals surface area contributed by atoms with Crippen LogP contribution < -0.4 is 20.5 Å². The van der Waals surface area contributed by atoms with E-state index >= 15 is 0 Å². The maximum atomic E-state index is 14.2. The highest BCUT2D eigenvalue weighted by Crippen LogP contribution is 2.39. The molecule has 0 radical (unpaired) electrons. The number of aliphatic imine (C=N–C) groups is 1. The fourth-order valence-corrected chi connectivity index (χ4v) is 8.58. The Labute approximate surface area is 390 Å². The first-order chi connectivity index (χ1) is 30.2. The molecule has 2 amide bonds. The molecular weight excluding hydrogens is 878 g/mol. The van der Waals surface area contributed by atoms with Gasteiger partial charge in [0, 0.05) is 21.7 Å². The van der Waals surface area contributed by atoms with E-state index in [-0.39, 0.29) is 49.3 Å². The molecule has 1 aliphatic rings. The largest absolute Gasteiger partial charge is 0.508 e. The third kappa shape index (κ3) is 12.7. The molecular formula is C49H54Cl4N6O4. The van der Waals surface area contributed by atoms with E-state index in [9.17, 15) is 14.7 Å². The van der Waals surface area contributed by atoms with Crippen molar-refractivity contribution < 1.29 is 19.4 Å². The number of halogens is 4. The fourth-order valence-electron chi connectivity index (χ4n) is 7.43. The van der Waals surface area contributed by atoms with E-state index in [0.717, 1.165) is 41.5 Å². The summed E-state index contributed by atoms with van der Waals surface area (Å²) in [5, 5.41) is 26.4. The van der Waals surface area contributed by atoms with Crippen molar-refractivity contribution in [1.82, 2.24) is 5.43 Å². The number of amidine groups is 1. The number of fused-ring (bicyclic) bond motifs is 1. The van der Waals surface area contributed by atoms with Crippen molar-refractivity contribution in [3.63, 3.8) is 0 Å². The average Bonchev–Trinajstić information content (AvgIpc) is 3.54. The number of nitrogens with zero attached hydrogens (tertiary/aromatic N) is 4. The van der Waals surface area contributed by atoms with Crippen molar-refractivity contribution in [1.29, 1.82) is 0 Å². The first-order valence-corrected chi connectivity index (χ1v) is 23.1. The second-order valence-electron chi connectivity index (χ2n) is 16.8. The summed E-state index contributed by atoms with van der Waals surface area (Å²) < 4.78 is 6.40. The second kappa shape index (κ2) is 22.2. The van der Waals surface area contributed by atoms with Gasteiger partial charge >= 0.3 is 0 Å². The number of carbonyl (C=O) groups is 2. The molecule has 5 aromatic carbocycles. The molecule has 1 saturated heterocycles. The maximum absolute atomic E-state index is 14.2. The molecule has 14 heteroatoms. The molecule has 6 rings (SSSR count). The molecule has 2 atom stereocenters. The van der Waals surface area contributed by atoms with E-state index in [1.807, 2.05) is 63.2 Å². The van der Waals surface area contributed by atoms with Gasteiger partial charge in [-0.05, 0) is 78.2 Å². The summed E-state index contributed by atoms with van der Waals surface area (Å²) in [7, 11) is 0. The summed E-state index contributed by atoms with van der Waals surface area (Å²) in [6, 6.07) is 25.0. The number of phenols is 1. The van der Waals surface area contributed by atoms with Crippen LogP contribution in [0.3, 0.4) is 0 Å². The quantitative estimate of drug-likeness (QED) is 0.0561. The van der Waals surface area contributed by atoms with Gasteiger partial charge in [-0.1, -0.05) is 168 Å². The number of benzene rings is 5. The molecule has 0 bridgehead atoms. The number of nitrogens with one attached hydrogen (secondary N) is 2. The number of phenolic OH excluding ortho intramolecular Hbond substituents is 1. The molecule has 10 nitrogen and oxygen atoms in total. The summed E-state index contributed by atoms with van der Waals surface area (Å²) in [5.41, 5.74) is 4.75. The molecule has 63 heavy (non-hydrogen) atoms. The lowest BCUT2D eigenvalue weighted by Gasteiger charge is -2.23. The number of hydrazine groups is 1. The highest BCUT2D eigenvalue weighted by molar-refractivity contribution is 6.43. The SMILES string of the molecule is CCCCCCCCCCCC[C@@H](Oc1ccc(O)c(C(C)(C)C)c1)C(=O)Nc1ccc(Cl)c(N=C2NN(c3c(Cl)cc(Cl)cc3Cl)C(=O)[C@@H]2N=Nc2cccc3ccccc23)c1. The van der Waals surface area contributed by atoms with Crippen LogP contribution in [0.2, 0.25) is 20.1 Å². The van der Waals surface area contributed by atoms with E-state index in [1.54, 1.807) is 36.4 Å². The summed E-state index contributed by atoms with van der Waals surface area (Å²) in [4.78, 5) is 33.1. The molecule has 1 fully saturated rings. The predicted octanol–water partition coefficient (Wildman–Crippen LogP) is 14.9. The Bertz CT molecular complexity index is 2440. The average molecular weight is 933 g/mol. The molecule has 1 aliphatic heterocycles. The smallest absolute Gasteiger partial charge is 0.280 e. The van der Waals surface area contributed by atoms with Crippen molar-refractivity contribution in [3.8, 4) is 11.5 Å². The van der Waals surface area contributed by atoms with Crippen LogP contribution in [0, 0.1) is 0 Å². The van der Waals surface area contributed by atoms with Gasteiger partial charge in [-0.15, -0.1) is 0 Å². The standard InChI is InChI=1S/C49H54Cl4N6O4/c1-5-6-7-8-9-10-11-12-13-14-22-43(63-34-24-26-42(60)36(30-34)49(2,3)4)47(61)54-33-23-25-37(51)41(29-33)55-46-44(57-56-40-21-17-19-31-18-15-16-20-35(31)40)48(62)59(58-46)45-38(52)27-32(50)28-39(45)53/h15-21,23-30,43-44,60H,5-14,22H2,1-4H3,(H,54,61)(H,55,58)/t43-,44-/m1/s1. The second-order valence-corrected chi connectivity index (χ2v) is 18.4. The molecule has 3 N–H and O–H groups in total. The van der Waals surface area contributed by atoms with Crippen molar-refractivity contribution in [3.05, 3.63) is 117 Å². The van der Waals surface area contributed by atoms with E-state index < -0.39 is 18.1 Å². The van der Waals surface area contributed by atoms with Crippen LogP contribution in [-0.4, -0.2) is 34.9 Å². The topological polar surface area (TPSA) is 128 Å². The van der Waals surface area contributed by atoms with Gasteiger partial charge < -0.3 is 15.2 Å². The van der Waals surface area contributed by atoms with Gasteiger partial charge in [0.1, 0.15) is 17.2 Å². The van der Waals surface area contributed by atoms with Crippen molar-refractivity contribution in [2.45, 2.75) is 116 Å². The molecule has 0 spiro atoms. The van der Waals surface area contributed by atoms with Crippen molar-refractivity contribution >= 4 is 97.6 Å². The zero-order chi connectivity index (χ0) is 45.1. The third-order valence-corrected chi connectivity index (χ3v) is 11.9. The van der Waals surface area contributed by atoms with E-state index in [0.29, 0.717) is 34.1 Å². The fraction of sp³-hybridized carbons (Fsp3) is 0.367. The van der Waals surface area contributed by atoms with Gasteiger partial charge in [-0.2, -0.15) is 10.2 Å². The van der Waals surface area contributed by atoms with Crippen LogP contribution >= 0.6 is 46.4 Å². The normalized spacial score (nSPS) is 15.4. The van der Waals surface area contributed by atoms with Gasteiger partial charge in [0.05, 0.1) is 26.4 Å². The van der Waals surface area contributed by atoms with E-state index in [2.05, 4.69) is 27.9 Å². The minimum Gasteiger partial charge on any atom is -0.508 e. The Morgan fingerprint density at radius 2 is 1.48 bits per heavy atom. The van der Waals surface area contributed by atoms with Crippen LogP contribution in [0.4, 0.5) is 22.7 Å². The lowest BCUT2D eigenvalue weighted by atomic mass is 9.86. The summed E-state index contributed by atoms with van der Waals surface area (Å²) in [6.07, 6.45) is 11.3. The molecule has 0 unspecified atom stereocenters. The number of hydrogen-bond donors (Lipinski definition) is 3. The van der Waals surface area contributed by atoms with E-state index in [1.165, 1.54) is 50.7 Å². The first-order valence-electron chi connectivity index (χ1n) is 21.6. The number of amides is 2. The third-order valence-electron chi connectivity index (χ3n) is 10.8. The lowest BCUT2D eigenvalue weighted by Crippen LogP contribution is -2.36. The molecule has 5 aromatic rings. The first kappa shape index (κ1) is 47.6. The zero-order valence-electron chi connectivity index (χ0n) is 36.1. The predicted molar refractivity (Wildman–Crippen MR) is 259 cm³/mol. The monoisotopic (exact) mass is 930 g/mol. The van der Waals surface area contributed by atoms with Gasteiger partial charge in [0.25, 0.3) is 11.8 Å². The number of azo groups is 1. The molecule has 0 saturated carbocycles. The number of ether oxygens (including phenoxy) is 1. The highest BCUT2D eigenvalue weighted by Gasteiger charge is 2.41. The van der Waals surface area contributed by atoms with Crippen LogP contribution in [0.25, 0.3) is 10.8 Å². The minimum absolute atomic E-state index is 0.0839. The number of aromatic hydroxyl groups is 1. The zero-order valence-corrected chi connectivity index (χ0v) is 39.1. The Morgan fingerprint density at radius 3 is 2.17 bits per heavy atom. The molecule has 332 valence electrons. The number of anilines is 2. The Morgan fingerprint density at radius 1 is 0.810 bits per heavy atom. The summed E-state index contributed by atoms with van der Waals surface area (Å²) >= 11 is 26.1. The van der Waals surface area contributed by atoms with Crippen LogP contribution in [-0.2, 0) is 15.0 Å². The Kier molecular flexibility index (Phi) is 16.7. The van der Waals surface area contributed by atoms with E-state index in [4.69, 9.17) is 56.1 Å². The maximum Gasteiger partial charge on any atom is 0.280 e. The van der Waals surface area contributed by atoms with Gasteiger partial charge in [-0.25, -0.2) is 10.0 Å². The number of hydrogen-bond acceptors (Lipinski definition) is 7. The van der Waals surface area contributed by atoms with Gasteiger partial charge in [-0.3, -0.25) is 15.0 Å². The minimum atomic E-state index is -1.26. The molecule has 0 aliphatic carbocycles. The van der Waals surface area contributed by atoms with Gasteiger partial charge in [0.2, 0.25) is 6.04 Å². The Balaban J connectivity index is 1.25. The molecule has 1 heterocycles.